The van der Waals surface area contributed by atoms with Gasteiger partial charge >= 0.3 is 0 Å². The summed E-state index contributed by atoms with van der Waals surface area (Å²) in [7, 11) is 0.380. The van der Waals surface area contributed by atoms with E-state index in [1.54, 1.807) is 0 Å². The number of hydrogen-bond donors (Lipinski definition) is 1. The highest BCUT2D eigenvalue weighted by Gasteiger charge is 1.91. The molecule has 0 atom stereocenters. The predicted molar refractivity (Wildman–Crippen MR) is 24.0 cm³/mol. The summed E-state index contributed by atoms with van der Waals surface area (Å²) in [4.78, 5) is 0. The Kier molecular flexibility index (Phi) is 0.304. The molecule has 1 rings (SSSR count). The first-order valence-corrected chi connectivity index (χ1v) is 3.22. The highest BCUT2D eigenvalue weighted by atomic mass is 32.2. The van der Waals surface area contributed by atoms with Crippen LogP contribution in [0.15, 0.2) is 10.8 Å². The van der Waals surface area contributed by atoms with Crippen LogP contribution in [0.25, 0.3) is 0 Å². The lowest BCUT2D eigenvalue weighted by molar-refractivity contribution is 2.50. The standard InChI is InChI=1S/C3H6S/c1-4-2-3-4/h2-4H,1H3. The lowest BCUT2D eigenvalue weighted by Crippen LogP contribution is -1.25. The molecule has 1 heteroatoms. The zero-order chi connectivity index (χ0) is 2.99. The van der Waals surface area contributed by atoms with Crippen molar-refractivity contribution in [1.29, 1.82) is 0 Å². The van der Waals surface area contributed by atoms with Crippen LogP contribution in [0.1, 0.15) is 0 Å². The maximum Gasteiger partial charge on any atom is -0.0301 e. The molecule has 1 heterocycles. The molecular formula is C3H6S. The van der Waals surface area contributed by atoms with Gasteiger partial charge in [0.05, 0.1) is 0 Å². The zero-order valence-electron chi connectivity index (χ0n) is 2.60. The lowest BCUT2D eigenvalue weighted by atomic mass is 11.3. The van der Waals surface area contributed by atoms with Crippen LogP contribution < -0.4 is 0 Å². The summed E-state index contributed by atoms with van der Waals surface area (Å²) in [6.45, 7) is 0. The van der Waals surface area contributed by atoms with Gasteiger partial charge in [0.1, 0.15) is 0 Å². The Morgan fingerprint density at radius 1 is 1.50 bits per heavy atom. The molecule has 0 fully saturated rings. The molecule has 0 saturated carbocycles. The van der Waals surface area contributed by atoms with E-state index in [1.807, 2.05) is 0 Å². The van der Waals surface area contributed by atoms with Gasteiger partial charge in [0, 0.05) is 0 Å². The molecule has 4 heavy (non-hydrogen) atoms. The zero-order valence-corrected chi connectivity index (χ0v) is 3.50. The number of hydrogen-bond acceptors (Lipinski definition) is 0. The monoisotopic (exact) mass is 74.0 g/mol. The van der Waals surface area contributed by atoms with E-state index in [2.05, 4.69) is 17.1 Å². The summed E-state index contributed by atoms with van der Waals surface area (Å²) in [6.07, 6.45) is 2.23. The summed E-state index contributed by atoms with van der Waals surface area (Å²) >= 11 is 0. The van der Waals surface area contributed by atoms with Crippen molar-refractivity contribution in [1.82, 2.24) is 0 Å². The predicted octanol–water partition coefficient (Wildman–Crippen LogP) is 1.10. The van der Waals surface area contributed by atoms with Gasteiger partial charge in [-0.3, -0.25) is 0 Å². The highest BCUT2D eigenvalue weighted by Crippen LogP contribution is 2.37. The highest BCUT2D eigenvalue weighted by molar-refractivity contribution is 8.27. The molecule has 0 aliphatic carbocycles. The van der Waals surface area contributed by atoms with Crippen LogP contribution in [-0.2, 0) is 0 Å². The van der Waals surface area contributed by atoms with Gasteiger partial charge in [-0.2, -0.15) is 0 Å². The fourth-order valence-corrected chi connectivity index (χ4v) is 0.600. The van der Waals surface area contributed by atoms with Crippen molar-refractivity contribution in [3.05, 3.63) is 10.8 Å². The van der Waals surface area contributed by atoms with E-state index in [9.17, 15) is 0 Å². The second-order valence-electron chi connectivity index (χ2n) is 0.964. The van der Waals surface area contributed by atoms with Crippen molar-refractivity contribution >= 4 is 10.9 Å². The Labute approximate surface area is 28.9 Å². The van der Waals surface area contributed by atoms with Crippen LogP contribution in [0, 0.1) is 0 Å². The summed E-state index contributed by atoms with van der Waals surface area (Å²) in [6, 6.07) is 0. The molecule has 24 valence electrons. The van der Waals surface area contributed by atoms with Gasteiger partial charge in [-0.1, -0.05) is 0 Å². The van der Waals surface area contributed by atoms with Crippen LogP contribution in [0.4, 0.5) is 0 Å². The molecule has 1 aliphatic heterocycles. The molecule has 1 aliphatic rings. The van der Waals surface area contributed by atoms with Gasteiger partial charge in [0.15, 0.2) is 0 Å². The van der Waals surface area contributed by atoms with E-state index >= 15 is 0 Å². The van der Waals surface area contributed by atoms with Crippen molar-refractivity contribution < 1.29 is 0 Å². The molecule has 0 aromatic heterocycles. The molecular weight excluding hydrogens is 68.1 g/mol. The third-order valence-electron chi connectivity index (χ3n) is 0.447. The van der Waals surface area contributed by atoms with Gasteiger partial charge in [-0.25, -0.2) is 10.9 Å². The molecule has 0 bridgehead atoms. The normalized spacial score (nSPS) is 26.8. The molecule has 0 aromatic carbocycles. The summed E-state index contributed by atoms with van der Waals surface area (Å²) in [5.74, 6) is 0. The maximum absolute atomic E-state index is 2.23. The quantitative estimate of drug-likeness (QED) is 0.409. The Balaban J connectivity index is 2.32. The maximum atomic E-state index is 2.23. The Hall–Kier alpha value is 0.0900. The first kappa shape index (κ1) is 2.33. The molecule has 0 nitrogen and oxygen atoms in total. The third-order valence-corrected chi connectivity index (χ3v) is 1.34. The van der Waals surface area contributed by atoms with Gasteiger partial charge in [0.25, 0.3) is 0 Å². The fourth-order valence-electron chi connectivity index (χ4n) is 0.0667. The molecule has 0 saturated heterocycles. The van der Waals surface area contributed by atoms with Crippen molar-refractivity contribution in [2.75, 3.05) is 6.26 Å². The smallest absolute Gasteiger partial charge is 0.0301 e. The minimum absolute atomic E-state index is 0.380. The van der Waals surface area contributed by atoms with E-state index in [1.165, 1.54) is 0 Å². The van der Waals surface area contributed by atoms with E-state index in [-0.39, 0.29) is 0 Å². The largest absolute Gasteiger partial charge is 0.215 e. The minimum Gasteiger partial charge on any atom is -0.215 e. The first-order chi connectivity index (χ1) is 1.89. The lowest BCUT2D eigenvalue weighted by Gasteiger charge is -1.68. The second kappa shape index (κ2) is 0.521. The first-order valence-electron chi connectivity index (χ1n) is 1.30. The second-order valence-corrected chi connectivity index (χ2v) is 2.89. The Morgan fingerprint density at radius 2 is 1.75 bits per heavy atom. The average Bonchev–Trinajstić information content (AvgIpc) is 1.75. The van der Waals surface area contributed by atoms with E-state index in [4.69, 9.17) is 0 Å². The summed E-state index contributed by atoms with van der Waals surface area (Å²) < 4.78 is 0. The average molecular weight is 74.1 g/mol. The van der Waals surface area contributed by atoms with Crippen LogP contribution in [0.2, 0.25) is 0 Å². The van der Waals surface area contributed by atoms with Crippen molar-refractivity contribution in [2.45, 2.75) is 0 Å². The topological polar surface area (TPSA) is 0 Å². The van der Waals surface area contributed by atoms with Gasteiger partial charge in [-0.05, 0) is 17.1 Å². The molecule has 0 radical (unpaired) electrons. The van der Waals surface area contributed by atoms with Gasteiger partial charge < -0.3 is 0 Å². The fraction of sp³-hybridized carbons (Fsp3) is 0.333. The van der Waals surface area contributed by atoms with Crippen LogP contribution in [0.5, 0.6) is 0 Å². The summed E-state index contributed by atoms with van der Waals surface area (Å²) in [5, 5.41) is 4.46. The number of rotatable bonds is 0. The minimum atomic E-state index is 0.380. The van der Waals surface area contributed by atoms with Crippen molar-refractivity contribution in [2.24, 2.45) is 0 Å². The van der Waals surface area contributed by atoms with E-state index < -0.39 is 0 Å². The Morgan fingerprint density at radius 3 is 1.75 bits per heavy atom. The molecule has 0 N–H and O–H groups in total. The van der Waals surface area contributed by atoms with Crippen molar-refractivity contribution in [3.8, 4) is 0 Å². The molecule has 0 unspecified atom stereocenters. The van der Waals surface area contributed by atoms with E-state index in [0.29, 0.717) is 10.9 Å². The van der Waals surface area contributed by atoms with Gasteiger partial charge in [-0.15, -0.1) is 0 Å². The van der Waals surface area contributed by atoms with Crippen molar-refractivity contribution in [3.63, 3.8) is 0 Å². The Bertz CT molecular complexity index is 41.2. The van der Waals surface area contributed by atoms with Gasteiger partial charge in [0.2, 0.25) is 0 Å². The molecule has 0 aromatic rings. The molecule has 0 amide bonds. The SMILES string of the molecule is C[SH]1C=C1. The van der Waals surface area contributed by atoms with Crippen LogP contribution in [0.3, 0.4) is 0 Å². The summed E-state index contributed by atoms with van der Waals surface area (Å²) in [5.41, 5.74) is 0. The van der Waals surface area contributed by atoms with Crippen LogP contribution >= 0.6 is 10.9 Å². The number of thiol groups is 1. The third kappa shape index (κ3) is 0.260. The van der Waals surface area contributed by atoms with E-state index in [0.717, 1.165) is 0 Å². The molecule has 0 spiro atoms. The van der Waals surface area contributed by atoms with Crippen LogP contribution in [-0.4, -0.2) is 6.26 Å².